The number of hydrogen-bond donors (Lipinski definition) is 1. The van der Waals surface area contributed by atoms with Crippen LogP contribution in [-0.2, 0) is 16.0 Å². The fourth-order valence-electron chi connectivity index (χ4n) is 2.97. The number of hydrogen-bond acceptors (Lipinski definition) is 5. The third kappa shape index (κ3) is 4.51. The zero-order chi connectivity index (χ0) is 21.0. The number of nitrogens with zero attached hydrogens (tertiary/aromatic N) is 1. The SMILES string of the molecule is CCc1ccccc1N1C(=O)S/C(=C/c2ccc(OC(CC)C(=O)O)cc2)C1=O. The van der Waals surface area contributed by atoms with Crippen LogP contribution in [0.25, 0.3) is 6.08 Å². The van der Waals surface area contributed by atoms with Gasteiger partial charge in [0.15, 0.2) is 6.10 Å². The number of carboxylic acids is 1. The summed E-state index contributed by atoms with van der Waals surface area (Å²) in [5.41, 5.74) is 2.26. The van der Waals surface area contributed by atoms with Crippen molar-refractivity contribution in [2.24, 2.45) is 0 Å². The number of anilines is 1. The van der Waals surface area contributed by atoms with Gasteiger partial charge in [-0.2, -0.15) is 0 Å². The van der Waals surface area contributed by atoms with Crippen LogP contribution in [0.2, 0.25) is 0 Å². The molecule has 0 radical (unpaired) electrons. The maximum atomic E-state index is 12.8. The third-order valence-corrected chi connectivity index (χ3v) is 5.38. The molecule has 29 heavy (non-hydrogen) atoms. The Morgan fingerprint density at radius 2 is 1.83 bits per heavy atom. The number of benzene rings is 2. The van der Waals surface area contributed by atoms with Gasteiger partial charge in [0.25, 0.3) is 11.1 Å². The molecule has 150 valence electrons. The minimum absolute atomic E-state index is 0.325. The maximum absolute atomic E-state index is 12.8. The molecular weight excluding hydrogens is 390 g/mol. The number of ether oxygens (including phenoxy) is 1. The van der Waals surface area contributed by atoms with Crippen LogP contribution in [0.5, 0.6) is 5.75 Å². The summed E-state index contributed by atoms with van der Waals surface area (Å²) in [6, 6.07) is 14.1. The molecule has 0 saturated carbocycles. The number of rotatable bonds is 7. The first-order valence-electron chi connectivity index (χ1n) is 9.30. The molecule has 2 amide bonds. The summed E-state index contributed by atoms with van der Waals surface area (Å²) in [5.74, 6) is -0.933. The Balaban J connectivity index is 1.80. The number of aliphatic carboxylic acids is 1. The van der Waals surface area contributed by atoms with Crippen molar-refractivity contribution in [3.8, 4) is 5.75 Å². The van der Waals surface area contributed by atoms with E-state index in [0.717, 1.165) is 22.9 Å². The van der Waals surface area contributed by atoms with E-state index in [2.05, 4.69) is 0 Å². The Hall–Kier alpha value is -3.06. The van der Waals surface area contributed by atoms with E-state index >= 15 is 0 Å². The number of carbonyl (C=O) groups excluding carboxylic acids is 2. The van der Waals surface area contributed by atoms with Crippen molar-refractivity contribution in [1.29, 1.82) is 0 Å². The quantitative estimate of drug-likeness (QED) is 0.663. The van der Waals surface area contributed by atoms with E-state index in [1.165, 1.54) is 4.90 Å². The Morgan fingerprint density at radius 3 is 2.45 bits per heavy atom. The van der Waals surface area contributed by atoms with E-state index in [0.29, 0.717) is 29.2 Å². The molecule has 7 heteroatoms. The van der Waals surface area contributed by atoms with Crippen LogP contribution in [0, 0.1) is 0 Å². The van der Waals surface area contributed by atoms with E-state index in [9.17, 15) is 14.4 Å². The first kappa shape index (κ1) is 20.7. The Labute approximate surface area is 173 Å². The molecular formula is C22H21NO5S. The lowest BCUT2D eigenvalue weighted by molar-refractivity contribution is -0.145. The van der Waals surface area contributed by atoms with E-state index in [1.807, 2.05) is 19.1 Å². The Kier molecular flexibility index (Phi) is 6.39. The van der Waals surface area contributed by atoms with Crippen LogP contribution in [0.1, 0.15) is 31.4 Å². The molecule has 2 aromatic carbocycles. The average Bonchev–Trinajstić information content (AvgIpc) is 2.99. The van der Waals surface area contributed by atoms with E-state index in [-0.39, 0.29) is 11.1 Å². The van der Waals surface area contributed by atoms with Crippen molar-refractivity contribution in [1.82, 2.24) is 0 Å². The molecule has 1 aliphatic rings. The highest BCUT2D eigenvalue weighted by molar-refractivity contribution is 8.19. The van der Waals surface area contributed by atoms with Crippen LogP contribution < -0.4 is 9.64 Å². The van der Waals surface area contributed by atoms with Crippen LogP contribution >= 0.6 is 11.8 Å². The van der Waals surface area contributed by atoms with E-state index in [4.69, 9.17) is 9.84 Å². The van der Waals surface area contributed by atoms with Gasteiger partial charge in [-0.1, -0.05) is 44.2 Å². The van der Waals surface area contributed by atoms with Gasteiger partial charge < -0.3 is 9.84 Å². The summed E-state index contributed by atoms with van der Waals surface area (Å²) < 4.78 is 5.43. The molecule has 0 bridgehead atoms. The number of aryl methyl sites for hydroxylation is 1. The molecule has 1 fully saturated rings. The topological polar surface area (TPSA) is 83.9 Å². The molecule has 6 nitrogen and oxygen atoms in total. The van der Waals surface area contributed by atoms with Crippen molar-refractivity contribution in [2.45, 2.75) is 32.8 Å². The van der Waals surface area contributed by atoms with Crippen molar-refractivity contribution < 1.29 is 24.2 Å². The molecule has 1 saturated heterocycles. The van der Waals surface area contributed by atoms with Gasteiger partial charge >= 0.3 is 5.97 Å². The second-order valence-corrected chi connectivity index (χ2v) is 7.41. The van der Waals surface area contributed by atoms with Gasteiger partial charge in [0.1, 0.15) is 5.75 Å². The summed E-state index contributed by atoms with van der Waals surface area (Å²) >= 11 is 0.903. The largest absolute Gasteiger partial charge is 0.479 e. The predicted octanol–water partition coefficient (Wildman–Crippen LogP) is 4.73. The molecule has 3 rings (SSSR count). The fourth-order valence-corrected chi connectivity index (χ4v) is 3.80. The molecule has 0 aliphatic carbocycles. The number of carboxylic acid groups (broad SMARTS) is 1. The smallest absolute Gasteiger partial charge is 0.344 e. The number of para-hydroxylation sites is 1. The molecule has 1 unspecified atom stereocenters. The van der Waals surface area contributed by atoms with E-state index in [1.54, 1.807) is 49.4 Å². The molecule has 0 spiro atoms. The minimum Gasteiger partial charge on any atom is -0.479 e. The second kappa shape index (κ2) is 8.96. The van der Waals surface area contributed by atoms with Crippen LogP contribution in [0.4, 0.5) is 10.5 Å². The monoisotopic (exact) mass is 411 g/mol. The van der Waals surface area contributed by atoms with Crippen molar-refractivity contribution in [2.75, 3.05) is 4.90 Å². The number of carbonyl (C=O) groups is 3. The van der Waals surface area contributed by atoms with Crippen molar-refractivity contribution >= 4 is 40.6 Å². The molecule has 0 aromatic heterocycles. The van der Waals surface area contributed by atoms with E-state index < -0.39 is 12.1 Å². The fraction of sp³-hybridized carbons (Fsp3) is 0.227. The highest BCUT2D eigenvalue weighted by Gasteiger charge is 2.37. The number of imide groups is 1. The zero-order valence-electron chi connectivity index (χ0n) is 16.1. The molecule has 1 aliphatic heterocycles. The third-order valence-electron chi connectivity index (χ3n) is 4.51. The molecule has 2 aromatic rings. The van der Waals surface area contributed by atoms with Crippen LogP contribution in [-0.4, -0.2) is 28.3 Å². The lowest BCUT2D eigenvalue weighted by atomic mass is 10.1. The van der Waals surface area contributed by atoms with Crippen LogP contribution in [0.3, 0.4) is 0 Å². The molecule has 1 N–H and O–H groups in total. The zero-order valence-corrected chi connectivity index (χ0v) is 16.9. The van der Waals surface area contributed by atoms with Gasteiger partial charge in [-0.25, -0.2) is 9.69 Å². The highest BCUT2D eigenvalue weighted by atomic mass is 32.2. The van der Waals surface area contributed by atoms with Gasteiger partial charge in [0.2, 0.25) is 0 Å². The lowest BCUT2D eigenvalue weighted by Gasteiger charge is -2.16. The summed E-state index contributed by atoms with van der Waals surface area (Å²) in [5, 5.41) is 8.75. The van der Waals surface area contributed by atoms with Crippen molar-refractivity contribution in [3.63, 3.8) is 0 Å². The Morgan fingerprint density at radius 1 is 1.14 bits per heavy atom. The van der Waals surface area contributed by atoms with Crippen LogP contribution in [0.15, 0.2) is 53.4 Å². The molecule has 1 atom stereocenters. The van der Waals surface area contributed by atoms with Gasteiger partial charge in [0.05, 0.1) is 10.6 Å². The summed E-state index contributed by atoms with van der Waals surface area (Å²) in [7, 11) is 0. The average molecular weight is 411 g/mol. The van der Waals surface area contributed by atoms with Gasteiger partial charge in [-0.3, -0.25) is 9.59 Å². The van der Waals surface area contributed by atoms with Gasteiger partial charge in [-0.05, 0) is 60.0 Å². The molecule has 1 heterocycles. The number of thioether (sulfide) groups is 1. The normalized spacial score (nSPS) is 16.3. The summed E-state index contributed by atoms with van der Waals surface area (Å²) in [4.78, 5) is 38.0. The van der Waals surface area contributed by atoms with Gasteiger partial charge in [-0.15, -0.1) is 0 Å². The standard InChI is InChI=1S/C22H21NO5S/c1-3-15-7-5-6-8-17(15)23-20(24)19(29-22(23)27)13-14-9-11-16(12-10-14)28-18(4-2)21(25)26/h5-13,18H,3-4H2,1-2H3,(H,25,26)/b19-13+. The highest BCUT2D eigenvalue weighted by Crippen LogP contribution is 2.37. The predicted molar refractivity (Wildman–Crippen MR) is 113 cm³/mol. The number of amides is 2. The minimum atomic E-state index is -1.02. The maximum Gasteiger partial charge on any atom is 0.344 e. The first-order valence-corrected chi connectivity index (χ1v) is 10.1. The first-order chi connectivity index (χ1) is 13.9. The lowest BCUT2D eigenvalue weighted by Crippen LogP contribution is -2.28. The second-order valence-electron chi connectivity index (χ2n) is 6.42. The van der Waals surface area contributed by atoms with Gasteiger partial charge in [0, 0.05) is 0 Å². The summed E-state index contributed by atoms with van der Waals surface area (Å²) in [6.45, 7) is 3.71. The Bertz CT molecular complexity index is 967. The van der Waals surface area contributed by atoms with Crippen molar-refractivity contribution in [3.05, 3.63) is 64.6 Å². The summed E-state index contributed by atoms with van der Waals surface area (Å²) in [6.07, 6.45) is 1.81.